The van der Waals surface area contributed by atoms with Crippen LogP contribution in [0.25, 0.3) is 0 Å². The summed E-state index contributed by atoms with van der Waals surface area (Å²) < 4.78 is 38.8. The van der Waals surface area contributed by atoms with Crippen molar-refractivity contribution in [3.8, 4) is 17.2 Å². The van der Waals surface area contributed by atoms with E-state index in [4.69, 9.17) is 21.1 Å². The van der Waals surface area contributed by atoms with E-state index in [2.05, 4.69) is 4.72 Å². The summed E-state index contributed by atoms with van der Waals surface area (Å²) in [5.74, 6) is 1.11. The first-order valence-corrected chi connectivity index (χ1v) is 10.0. The third-order valence-corrected chi connectivity index (χ3v) is 5.45. The van der Waals surface area contributed by atoms with Crippen molar-refractivity contribution in [1.29, 1.82) is 0 Å². The Hall–Kier alpha value is -3.30. The summed E-state index contributed by atoms with van der Waals surface area (Å²) in [5, 5.41) is 11.5. The molecule has 0 fully saturated rings. The summed E-state index contributed by atoms with van der Waals surface area (Å²) in [6.07, 6.45) is 0. The quantitative estimate of drug-likeness (QED) is 0.420. The number of nitrogens with one attached hydrogen (secondary N) is 1. The Morgan fingerprint density at radius 3 is 2.45 bits per heavy atom. The van der Waals surface area contributed by atoms with Crippen LogP contribution in [0, 0.1) is 10.1 Å². The molecule has 0 aromatic heterocycles. The second kappa shape index (κ2) is 8.38. The molecule has 3 aromatic rings. The molecule has 0 unspecified atom stereocenters. The minimum Gasteiger partial charge on any atom is -0.497 e. The number of nitro benzene ring substituents is 1. The van der Waals surface area contributed by atoms with E-state index in [0.29, 0.717) is 11.5 Å². The fourth-order valence-electron chi connectivity index (χ4n) is 2.50. The van der Waals surface area contributed by atoms with Crippen molar-refractivity contribution < 1.29 is 22.8 Å². The Balaban J connectivity index is 1.99. The molecule has 1 N–H and O–H groups in total. The first-order chi connectivity index (χ1) is 13.8. The number of sulfonamides is 1. The maximum atomic E-state index is 12.8. The van der Waals surface area contributed by atoms with Gasteiger partial charge in [-0.05, 0) is 36.4 Å². The lowest BCUT2D eigenvalue weighted by molar-refractivity contribution is -0.387. The molecule has 0 aliphatic rings. The van der Waals surface area contributed by atoms with E-state index in [1.165, 1.54) is 37.4 Å². The van der Waals surface area contributed by atoms with Gasteiger partial charge in [0.05, 0.1) is 17.7 Å². The molecule has 0 spiro atoms. The summed E-state index contributed by atoms with van der Waals surface area (Å²) in [7, 11) is -2.78. The molecule has 0 atom stereocenters. The highest BCUT2D eigenvalue weighted by Gasteiger charge is 2.26. The van der Waals surface area contributed by atoms with Gasteiger partial charge < -0.3 is 9.47 Å². The Bertz CT molecular complexity index is 1170. The van der Waals surface area contributed by atoms with Crippen molar-refractivity contribution in [3.63, 3.8) is 0 Å². The summed E-state index contributed by atoms with van der Waals surface area (Å²) in [5.41, 5.74) is -0.518. The zero-order valence-electron chi connectivity index (χ0n) is 15.0. The van der Waals surface area contributed by atoms with Gasteiger partial charge in [0.25, 0.3) is 15.7 Å². The number of benzene rings is 3. The summed E-state index contributed by atoms with van der Waals surface area (Å²) in [6, 6.07) is 16.1. The third kappa shape index (κ3) is 4.76. The Morgan fingerprint density at radius 1 is 1.00 bits per heavy atom. The molecule has 0 aliphatic carbocycles. The molecule has 3 rings (SSSR count). The minimum absolute atomic E-state index is 0.0264. The van der Waals surface area contributed by atoms with E-state index in [9.17, 15) is 18.5 Å². The smallest absolute Gasteiger partial charge is 0.289 e. The van der Waals surface area contributed by atoms with Crippen LogP contribution >= 0.6 is 11.6 Å². The van der Waals surface area contributed by atoms with Gasteiger partial charge in [-0.1, -0.05) is 29.8 Å². The molecule has 0 bridgehead atoms. The second-order valence-electron chi connectivity index (χ2n) is 5.75. The van der Waals surface area contributed by atoms with Crippen molar-refractivity contribution in [2.24, 2.45) is 0 Å². The summed E-state index contributed by atoms with van der Waals surface area (Å²) in [4.78, 5) is 9.96. The van der Waals surface area contributed by atoms with E-state index in [1.807, 2.05) is 0 Å². The maximum absolute atomic E-state index is 12.8. The average Bonchev–Trinajstić information content (AvgIpc) is 2.70. The van der Waals surface area contributed by atoms with E-state index < -0.39 is 25.5 Å². The summed E-state index contributed by atoms with van der Waals surface area (Å²) >= 11 is 6.01. The predicted octanol–water partition coefficient (Wildman–Crippen LogP) is 4.85. The van der Waals surface area contributed by atoms with Gasteiger partial charge in [-0.3, -0.25) is 14.8 Å². The van der Waals surface area contributed by atoms with E-state index in [0.717, 1.165) is 12.1 Å². The monoisotopic (exact) mass is 434 g/mol. The molecule has 29 heavy (non-hydrogen) atoms. The molecule has 3 aromatic carbocycles. The molecule has 0 aliphatic heterocycles. The first kappa shape index (κ1) is 20.4. The molecule has 150 valence electrons. The number of rotatable bonds is 7. The lowest BCUT2D eigenvalue weighted by Gasteiger charge is -2.14. The highest BCUT2D eigenvalue weighted by molar-refractivity contribution is 7.92. The van der Waals surface area contributed by atoms with Crippen molar-refractivity contribution in [2.75, 3.05) is 11.8 Å². The normalized spacial score (nSPS) is 11.0. The van der Waals surface area contributed by atoms with Crippen molar-refractivity contribution in [3.05, 3.63) is 81.9 Å². The molecule has 10 heteroatoms. The topological polar surface area (TPSA) is 108 Å². The van der Waals surface area contributed by atoms with Crippen LogP contribution in [0.2, 0.25) is 5.02 Å². The van der Waals surface area contributed by atoms with Gasteiger partial charge in [-0.25, -0.2) is 8.42 Å². The largest absolute Gasteiger partial charge is 0.497 e. The fraction of sp³-hybridized carbons (Fsp3) is 0.0526. The average molecular weight is 435 g/mol. The molecular formula is C19H15ClN2O6S. The Morgan fingerprint density at radius 2 is 1.72 bits per heavy atom. The number of anilines is 1. The van der Waals surface area contributed by atoms with Crippen LogP contribution < -0.4 is 14.2 Å². The molecule has 0 radical (unpaired) electrons. The van der Waals surface area contributed by atoms with Gasteiger partial charge in [0.1, 0.15) is 11.5 Å². The number of hydrogen-bond donors (Lipinski definition) is 1. The SMILES string of the molecule is COc1cccc(Oc2ccc(Cl)cc2NS(=O)(=O)c2ccccc2[N+](=O)[O-])c1. The van der Waals surface area contributed by atoms with Crippen LogP contribution in [-0.2, 0) is 10.0 Å². The van der Waals surface area contributed by atoms with Crippen LogP contribution in [0.1, 0.15) is 0 Å². The van der Waals surface area contributed by atoms with E-state index in [-0.39, 0.29) is 16.5 Å². The zero-order chi connectivity index (χ0) is 21.0. The lowest BCUT2D eigenvalue weighted by atomic mass is 10.3. The second-order valence-corrected chi connectivity index (χ2v) is 7.84. The highest BCUT2D eigenvalue weighted by Crippen LogP contribution is 2.35. The Labute approximate surface area is 171 Å². The van der Waals surface area contributed by atoms with Gasteiger partial charge in [-0.15, -0.1) is 0 Å². The predicted molar refractivity (Wildman–Crippen MR) is 108 cm³/mol. The van der Waals surface area contributed by atoms with Crippen LogP contribution in [0.4, 0.5) is 11.4 Å². The first-order valence-electron chi connectivity index (χ1n) is 8.18. The van der Waals surface area contributed by atoms with Gasteiger partial charge in [0.15, 0.2) is 10.6 Å². The van der Waals surface area contributed by atoms with Crippen LogP contribution in [-0.4, -0.2) is 20.5 Å². The molecule has 0 heterocycles. The highest BCUT2D eigenvalue weighted by atomic mass is 35.5. The number of methoxy groups -OCH3 is 1. The number of ether oxygens (including phenoxy) is 2. The molecule has 0 saturated carbocycles. The molecule has 8 nitrogen and oxygen atoms in total. The van der Waals surface area contributed by atoms with Gasteiger partial charge in [-0.2, -0.15) is 0 Å². The summed E-state index contributed by atoms with van der Waals surface area (Å²) in [6.45, 7) is 0. The number of nitrogens with zero attached hydrogens (tertiary/aromatic N) is 1. The molecule has 0 amide bonds. The number of hydrogen-bond acceptors (Lipinski definition) is 6. The fourth-order valence-corrected chi connectivity index (χ4v) is 3.90. The van der Waals surface area contributed by atoms with Gasteiger partial charge in [0.2, 0.25) is 0 Å². The van der Waals surface area contributed by atoms with Crippen LogP contribution in [0.3, 0.4) is 0 Å². The number of para-hydroxylation sites is 1. The Kier molecular flexibility index (Phi) is 5.90. The van der Waals surface area contributed by atoms with Crippen molar-refractivity contribution in [1.82, 2.24) is 0 Å². The number of halogens is 1. The lowest BCUT2D eigenvalue weighted by Crippen LogP contribution is -2.15. The standard InChI is InChI=1S/C19H15ClN2O6S/c1-27-14-5-4-6-15(12-14)28-18-10-9-13(20)11-16(18)21-29(25,26)19-8-3-2-7-17(19)22(23)24/h2-12,21H,1H3. The van der Waals surface area contributed by atoms with Gasteiger partial charge >= 0.3 is 0 Å². The minimum atomic E-state index is -4.29. The van der Waals surface area contributed by atoms with Crippen molar-refractivity contribution >= 4 is 33.0 Å². The van der Waals surface area contributed by atoms with Crippen molar-refractivity contribution in [2.45, 2.75) is 4.90 Å². The van der Waals surface area contributed by atoms with Crippen LogP contribution in [0.15, 0.2) is 71.6 Å². The van der Waals surface area contributed by atoms with E-state index >= 15 is 0 Å². The van der Waals surface area contributed by atoms with E-state index in [1.54, 1.807) is 24.3 Å². The number of nitro groups is 1. The molecular weight excluding hydrogens is 420 g/mol. The van der Waals surface area contributed by atoms with Crippen LogP contribution in [0.5, 0.6) is 17.2 Å². The zero-order valence-corrected chi connectivity index (χ0v) is 16.6. The molecule has 0 saturated heterocycles. The third-order valence-electron chi connectivity index (χ3n) is 3.81. The maximum Gasteiger partial charge on any atom is 0.289 e. The van der Waals surface area contributed by atoms with Gasteiger partial charge in [0, 0.05) is 17.2 Å².